The van der Waals surface area contributed by atoms with Crippen molar-refractivity contribution in [1.29, 1.82) is 0 Å². The van der Waals surface area contributed by atoms with E-state index in [2.05, 4.69) is 45.9 Å². The number of rotatable bonds is 13. The Morgan fingerprint density at radius 2 is 1.97 bits per heavy atom. The van der Waals surface area contributed by atoms with Crippen LogP contribution in [0.3, 0.4) is 0 Å². The molecule has 1 fully saturated rings. The molecule has 1 aliphatic rings. The quantitative estimate of drug-likeness (QED) is 0.0878. The number of carbonyl (C=O) groups is 6. The van der Waals surface area contributed by atoms with E-state index in [1.807, 2.05) is 6.07 Å². The number of carboxylic acids is 1. The van der Waals surface area contributed by atoms with Gasteiger partial charge in [-0.25, -0.2) is 4.79 Å². The van der Waals surface area contributed by atoms with E-state index < -0.39 is 52.0 Å². The van der Waals surface area contributed by atoms with Crippen molar-refractivity contribution in [3.05, 3.63) is 33.4 Å². The summed E-state index contributed by atoms with van der Waals surface area (Å²) in [7, 11) is 0. The molecule has 14 heteroatoms. The van der Waals surface area contributed by atoms with Crippen LogP contribution in [0.15, 0.2) is 24.3 Å². The fourth-order valence-electron chi connectivity index (χ4n) is 3.30. The molecule has 1 aromatic rings. The number of thiol groups is 1. The summed E-state index contributed by atoms with van der Waals surface area (Å²) in [5.74, 6) is -3.11. The summed E-state index contributed by atoms with van der Waals surface area (Å²) in [6, 6.07) is 4.75. The SMILES string of the molecule is N[C@@H](CS)C(=O)SC1CC(=O)N(CCCC[C@@H](NC(=O)CNC(=O)c2cccc([125I])c2)C(=O)O)C1=O. The van der Waals surface area contributed by atoms with Gasteiger partial charge in [-0.15, -0.1) is 0 Å². The van der Waals surface area contributed by atoms with Gasteiger partial charge in [-0.2, -0.15) is 12.6 Å². The highest BCUT2D eigenvalue weighted by Gasteiger charge is 2.40. The number of unbranched alkanes of at least 4 members (excludes halogenated alkanes) is 1. The second-order valence-electron chi connectivity index (χ2n) is 7.95. The van der Waals surface area contributed by atoms with Crippen molar-refractivity contribution in [1.82, 2.24) is 15.5 Å². The van der Waals surface area contributed by atoms with E-state index in [-0.39, 0.29) is 31.7 Å². The van der Waals surface area contributed by atoms with Crippen LogP contribution in [0.1, 0.15) is 36.0 Å². The van der Waals surface area contributed by atoms with E-state index in [1.165, 1.54) is 0 Å². The first-order chi connectivity index (χ1) is 17.0. The van der Waals surface area contributed by atoms with Gasteiger partial charge < -0.3 is 21.5 Å². The third-order valence-corrected chi connectivity index (χ3v) is 7.47. The largest absolute Gasteiger partial charge is 0.480 e. The zero-order valence-corrected chi connectivity index (χ0v) is 23.0. The number of aliphatic carboxylic acids is 1. The first-order valence-electron chi connectivity index (χ1n) is 11.0. The molecule has 0 spiro atoms. The molecule has 36 heavy (non-hydrogen) atoms. The lowest BCUT2D eigenvalue weighted by Crippen LogP contribution is -2.45. The summed E-state index contributed by atoms with van der Waals surface area (Å²) >= 11 is 6.74. The van der Waals surface area contributed by atoms with E-state index in [4.69, 9.17) is 5.73 Å². The van der Waals surface area contributed by atoms with Gasteiger partial charge in [0.1, 0.15) is 11.3 Å². The normalized spacial score (nSPS) is 17.0. The fraction of sp³-hybridized carbons (Fsp3) is 0.455. The number of thioether (sulfide) groups is 1. The number of hydrogen-bond donors (Lipinski definition) is 5. The van der Waals surface area contributed by atoms with Crippen LogP contribution in [0.2, 0.25) is 0 Å². The Labute approximate surface area is 231 Å². The number of amides is 4. The Balaban J connectivity index is 1.76. The Kier molecular flexibility index (Phi) is 12.1. The van der Waals surface area contributed by atoms with Gasteiger partial charge in [0.05, 0.1) is 12.6 Å². The van der Waals surface area contributed by atoms with Gasteiger partial charge >= 0.3 is 5.97 Å². The predicted octanol–water partition coefficient (Wildman–Crippen LogP) is 0.405. The van der Waals surface area contributed by atoms with Crippen molar-refractivity contribution < 1.29 is 33.9 Å². The minimum atomic E-state index is -1.24. The highest BCUT2D eigenvalue weighted by atomic mass is 125. The molecule has 0 bridgehead atoms. The molecule has 3 atom stereocenters. The minimum absolute atomic E-state index is 0.0651. The lowest BCUT2D eigenvalue weighted by molar-refractivity contribution is -0.142. The van der Waals surface area contributed by atoms with E-state index in [0.29, 0.717) is 18.4 Å². The number of nitrogens with zero attached hydrogens (tertiary/aromatic N) is 1. The Bertz CT molecular complexity index is 1030. The van der Waals surface area contributed by atoms with Gasteiger partial charge in [0.25, 0.3) is 5.91 Å². The number of carbonyl (C=O) groups excluding carboxylic acids is 5. The molecule has 0 aromatic heterocycles. The summed E-state index contributed by atoms with van der Waals surface area (Å²) in [5, 5.41) is 13.0. The van der Waals surface area contributed by atoms with Crippen LogP contribution in [0.5, 0.6) is 0 Å². The van der Waals surface area contributed by atoms with Gasteiger partial charge in [-0.3, -0.25) is 28.9 Å². The van der Waals surface area contributed by atoms with Crippen LogP contribution >= 0.6 is 47.0 Å². The maximum Gasteiger partial charge on any atom is 0.326 e. The molecule has 11 nitrogen and oxygen atoms in total. The van der Waals surface area contributed by atoms with Crippen LogP contribution < -0.4 is 16.4 Å². The van der Waals surface area contributed by atoms with Crippen LogP contribution in [0.4, 0.5) is 0 Å². The number of halogens is 1. The molecule has 1 aliphatic heterocycles. The van der Waals surface area contributed by atoms with Crippen molar-refractivity contribution in [2.75, 3.05) is 18.8 Å². The van der Waals surface area contributed by atoms with Gasteiger partial charge in [0.2, 0.25) is 22.8 Å². The lowest BCUT2D eigenvalue weighted by atomic mass is 10.1. The third kappa shape index (κ3) is 9.05. The molecule has 2 rings (SSSR count). The highest BCUT2D eigenvalue weighted by molar-refractivity contribution is 14.1. The number of nitrogens with two attached hydrogens (primary N) is 1. The zero-order valence-electron chi connectivity index (χ0n) is 19.1. The summed E-state index contributed by atoms with van der Waals surface area (Å²) in [4.78, 5) is 73.5. The topological polar surface area (TPSA) is 176 Å². The molecule has 1 heterocycles. The second kappa shape index (κ2) is 14.5. The predicted molar refractivity (Wildman–Crippen MR) is 144 cm³/mol. The molecular weight excluding hydrogens is 621 g/mol. The van der Waals surface area contributed by atoms with E-state index in [1.54, 1.807) is 18.2 Å². The average molecular weight is 649 g/mol. The van der Waals surface area contributed by atoms with Gasteiger partial charge in [0, 0.05) is 27.9 Å². The number of hydrogen-bond acceptors (Lipinski definition) is 9. The van der Waals surface area contributed by atoms with Gasteiger partial charge in [-0.1, -0.05) is 17.8 Å². The first kappa shape index (κ1) is 30.1. The Hall–Kier alpha value is -2.17. The van der Waals surface area contributed by atoms with Crippen molar-refractivity contribution in [2.45, 2.75) is 43.0 Å². The van der Waals surface area contributed by atoms with Crippen LogP contribution in [0.25, 0.3) is 0 Å². The molecule has 4 amide bonds. The molecular formula is C22H27IN4O7S2. The molecule has 0 aliphatic carbocycles. The van der Waals surface area contributed by atoms with Crippen LogP contribution in [0, 0.1) is 3.57 Å². The molecule has 5 N–H and O–H groups in total. The summed E-state index contributed by atoms with van der Waals surface area (Å²) in [6.45, 7) is -0.312. The number of imide groups is 1. The van der Waals surface area contributed by atoms with Gasteiger partial charge in [-0.05, 0) is 60.1 Å². The molecule has 1 aromatic carbocycles. The molecule has 0 radical (unpaired) electrons. The average Bonchev–Trinajstić information content (AvgIpc) is 3.10. The first-order valence-corrected chi connectivity index (χ1v) is 13.6. The van der Waals surface area contributed by atoms with Crippen LogP contribution in [-0.2, 0) is 24.0 Å². The lowest BCUT2D eigenvalue weighted by Gasteiger charge is -2.17. The monoisotopic (exact) mass is 648 g/mol. The molecule has 196 valence electrons. The molecule has 0 saturated carbocycles. The fourth-order valence-corrected chi connectivity index (χ4v) is 5.12. The van der Waals surface area contributed by atoms with E-state index in [0.717, 1.165) is 20.2 Å². The standard InChI is InChI=1S/C22H27IN4O7S2/c23-13-5-3-4-12(8-13)19(30)25-10-17(28)26-15(21(32)33)6-1-2-7-27-18(29)9-16(20(27)31)36-22(34)14(24)11-35/h3-5,8,14-16,35H,1-2,6-7,9-11,24H2,(H,25,30)(H,26,28)(H,32,33)/t14-,15+,16?/m0/s1/i23-2. The maximum atomic E-state index is 12.5. The number of benzene rings is 1. The minimum Gasteiger partial charge on any atom is -0.480 e. The van der Waals surface area contributed by atoms with Crippen LogP contribution in [-0.4, -0.2) is 80.9 Å². The van der Waals surface area contributed by atoms with E-state index >= 15 is 0 Å². The van der Waals surface area contributed by atoms with E-state index in [9.17, 15) is 33.9 Å². The number of carboxylic acid groups (broad SMARTS) is 1. The smallest absolute Gasteiger partial charge is 0.326 e. The Morgan fingerprint density at radius 3 is 2.61 bits per heavy atom. The van der Waals surface area contributed by atoms with Gasteiger partial charge in [0.15, 0.2) is 0 Å². The van der Waals surface area contributed by atoms with Crippen molar-refractivity contribution in [3.63, 3.8) is 0 Å². The molecule has 1 unspecified atom stereocenters. The number of likely N-dealkylation sites (tertiary alicyclic amines) is 1. The summed E-state index contributed by atoms with van der Waals surface area (Å²) in [6.07, 6.45) is 0.595. The highest BCUT2D eigenvalue weighted by Crippen LogP contribution is 2.27. The van der Waals surface area contributed by atoms with Crippen molar-refractivity contribution >= 4 is 81.7 Å². The second-order valence-corrected chi connectivity index (χ2v) is 10.8. The Morgan fingerprint density at radius 1 is 1.25 bits per heavy atom. The third-order valence-electron chi connectivity index (χ3n) is 5.21. The zero-order chi connectivity index (χ0) is 26.8. The maximum absolute atomic E-state index is 12.5. The molecule has 1 saturated heterocycles. The van der Waals surface area contributed by atoms with Crippen molar-refractivity contribution in [3.8, 4) is 0 Å². The van der Waals surface area contributed by atoms with Crippen molar-refractivity contribution in [2.24, 2.45) is 5.73 Å². The number of nitrogens with one attached hydrogen (secondary N) is 2. The summed E-state index contributed by atoms with van der Waals surface area (Å²) in [5.41, 5.74) is 5.98. The summed E-state index contributed by atoms with van der Waals surface area (Å²) < 4.78 is 0.855.